The van der Waals surface area contributed by atoms with Crippen LogP contribution in [0.2, 0.25) is 0 Å². The van der Waals surface area contributed by atoms with Crippen LogP contribution in [0.4, 0.5) is 10.5 Å². The Morgan fingerprint density at radius 2 is 2.05 bits per heavy atom. The summed E-state index contributed by atoms with van der Waals surface area (Å²) in [6, 6.07) is 5.64. The van der Waals surface area contributed by atoms with Gasteiger partial charge in [0.1, 0.15) is 19.1 Å². The largest absolute Gasteiger partial charge is 0.508 e. The van der Waals surface area contributed by atoms with Gasteiger partial charge in [0.2, 0.25) is 5.91 Å². The number of thioether (sulfide) groups is 1. The van der Waals surface area contributed by atoms with Gasteiger partial charge in [-0.2, -0.15) is 0 Å². The number of ether oxygens (including phenoxy) is 2. The molecule has 1 aromatic carbocycles. The number of nitrogens with zero attached hydrogens (tertiary/aromatic N) is 1. The van der Waals surface area contributed by atoms with E-state index in [1.807, 2.05) is 6.26 Å². The zero-order chi connectivity index (χ0) is 16.1. The normalized spacial score (nSPS) is 19.8. The van der Waals surface area contributed by atoms with Crippen LogP contribution in [-0.4, -0.2) is 35.2 Å². The van der Waals surface area contributed by atoms with E-state index in [0.29, 0.717) is 5.56 Å². The number of carbonyl (C=O) groups is 2. The minimum absolute atomic E-state index is 0.0313. The molecule has 1 aromatic rings. The van der Waals surface area contributed by atoms with E-state index in [4.69, 9.17) is 9.47 Å². The molecule has 0 radical (unpaired) electrons. The number of nitro groups is 1. The minimum atomic E-state index is -0.877. The lowest BCUT2D eigenvalue weighted by atomic mass is 10.0. The third-order valence-corrected chi connectivity index (χ3v) is 4.08. The molecule has 1 fully saturated rings. The van der Waals surface area contributed by atoms with Gasteiger partial charge in [-0.05, 0) is 24.0 Å². The van der Waals surface area contributed by atoms with Crippen molar-refractivity contribution in [2.75, 3.05) is 12.9 Å². The zero-order valence-electron chi connectivity index (χ0n) is 11.7. The van der Waals surface area contributed by atoms with E-state index in [1.165, 1.54) is 36.0 Å². The first-order chi connectivity index (χ1) is 10.5. The molecule has 1 saturated heterocycles. The highest BCUT2D eigenvalue weighted by Crippen LogP contribution is 2.24. The number of benzene rings is 1. The maximum absolute atomic E-state index is 11.4. The zero-order valence-corrected chi connectivity index (χ0v) is 12.5. The van der Waals surface area contributed by atoms with Crippen LogP contribution in [0, 0.1) is 16.0 Å². The van der Waals surface area contributed by atoms with E-state index in [2.05, 4.69) is 5.32 Å². The summed E-state index contributed by atoms with van der Waals surface area (Å²) in [5.41, 5.74) is 0.566. The third kappa shape index (κ3) is 3.88. The van der Waals surface area contributed by atoms with Gasteiger partial charge in [0.05, 0.1) is 10.3 Å². The molecule has 1 aliphatic heterocycles. The number of carbonyl (C=O) groups excluding carboxylic acids is 2. The van der Waals surface area contributed by atoms with Crippen molar-refractivity contribution in [3.05, 3.63) is 39.9 Å². The van der Waals surface area contributed by atoms with E-state index in [0.717, 1.165) is 0 Å². The first-order valence-electron chi connectivity index (χ1n) is 6.37. The topological polar surface area (TPSA) is 108 Å². The number of β-lactam (4-membered cyclic amide) rings is 1. The van der Waals surface area contributed by atoms with E-state index >= 15 is 0 Å². The number of hydrogen-bond donors (Lipinski definition) is 1. The van der Waals surface area contributed by atoms with E-state index in [-0.39, 0.29) is 36.1 Å². The fourth-order valence-corrected chi connectivity index (χ4v) is 2.60. The Morgan fingerprint density at radius 3 is 2.59 bits per heavy atom. The monoisotopic (exact) mass is 326 g/mol. The SMILES string of the molecule is CS[C@H]1NC(=O)[C@@H]1COC(=O)OCc1ccc([N+](=O)[O-])cc1. The number of hydrogen-bond acceptors (Lipinski definition) is 7. The molecule has 9 heteroatoms. The Hall–Kier alpha value is -2.29. The average Bonchev–Trinajstić information content (AvgIpc) is 2.50. The molecular weight excluding hydrogens is 312 g/mol. The number of nitrogens with one attached hydrogen (secondary N) is 1. The van der Waals surface area contributed by atoms with Crippen LogP contribution in [0.3, 0.4) is 0 Å². The first-order valence-corrected chi connectivity index (χ1v) is 7.66. The minimum Gasteiger partial charge on any atom is -0.433 e. The van der Waals surface area contributed by atoms with Crippen LogP contribution in [0.25, 0.3) is 0 Å². The van der Waals surface area contributed by atoms with Crippen molar-refractivity contribution in [1.29, 1.82) is 0 Å². The Bertz CT molecular complexity index is 576. The number of non-ortho nitro benzene ring substituents is 1. The Kier molecular flexibility index (Phi) is 5.21. The van der Waals surface area contributed by atoms with Gasteiger partial charge < -0.3 is 14.8 Å². The molecule has 0 aromatic heterocycles. The predicted octanol–water partition coefficient (Wildman–Crippen LogP) is 1.68. The molecule has 0 unspecified atom stereocenters. The summed E-state index contributed by atoms with van der Waals surface area (Å²) in [6.07, 6.45) is 0.974. The maximum atomic E-state index is 11.4. The van der Waals surface area contributed by atoms with Crippen LogP contribution in [0.15, 0.2) is 24.3 Å². The van der Waals surface area contributed by atoms with E-state index in [1.54, 1.807) is 0 Å². The highest BCUT2D eigenvalue weighted by atomic mass is 32.2. The molecule has 118 valence electrons. The summed E-state index contributed by atoms with van der Waals surface area (Å²) in [7, 11) is 0. The molecule has 22 heavy (non-hydrogen) atoms. The van der Waals surface area contributed by atoms with Crippen molar-refractivity contribution < 1.29 is 24.0 Å². The smallest absolute Gasteiger partial charge is 0.433 e. The van der Waals surface area contributed by atoms with E-state index in [9.17, 15) is 19.7 Å². The van der Waals surface area contributed by atoms with Gasteiger partial charge in [0.15, 0.2) is 0 Å². The van der Waals surface area contributed by atoms with Crippen LogP contribution >= 0.6 is 11.8 Å². The summed E-state index contributed by atoms with van der Waals surface area (Å²) in [6.45, 7) is -0.0872. The number of nitro benzene ring substituents is 1. The van der Waals surface area contributed by atoms with Gasteiger partial charge in [-0.1, -0.05) is 0 Å². The summed E-state index contributed by atoms with van der Waals surface area (Å²) >= 11 is 1.47. The molecular formula is C13H14N2O6S. The Labute approximate surface area is 130 Å². The Morgan fingerprint density at radius 1 is 1.36 bits per heavy atom. The third-order valence-electron chi connectivity index (χ3n) is 3.13. The summed E-state index contributed by atoms with van der Waals surface area (Å²) < 4.78 is 9.77. The molecule has 0 saturated carbocycles. The maximum Gasteiger partial charge on any atom is 0.508 e. The molecule has 2 rings (SSSR count). The van der Waals surface area contributed by atoms with Crippen molar-refractivity contribution in [2.45, 2.75) is 12.0 Å². The molecule has 1 aliphatic rings. The second-order valence-corrected chi connectivity index (χ2v) is 5.52. The molecule has 1 heterocycles. The summed E-state index contributed by atoms with van der Waals surface area (Å²) in [4.78, 5) is 32.7. The molecule has 1 amide bonds. The van der Waals surface area contributed by atoms with Crippen LogP contribution < -0.4 is 5.32 Å². The van der Waals surface area contributed by atoms with Gasteiger partial charge in [-0.3, -0.25) is 14.9 Å². The van der Waals surface area contributed by atoms with Gasteiger partial charge in [0, 0.05) is 12.1 Å². The molecule has 0 spiro atoms. The number of amides is 1. The predicted molar refractivity (Wildman–Crippen MR) is 78.2 cm³/mol. The quantitative estimate of drug-likeness (QED) is 0.367. The standard InChI is InChI=1S/C13H14N2O6S/c1-22-12-10(11(16)14-12)7-21-13(17)20-6-8-2-4-9(5-3-8)15(18)19/h2-5,10,12H,6-7H2,1H3,(H,14,16)/t10-,12+/m0/s1. The van der Waals surface area contributed by atoms with Crippen LogP contribution in [-0.2, 0) is 20.9 Å². The van der Waals surface area contributed by atoms with Crippen LogP contribution in [0.1, 0.15) is 5.56 Å². The Balaban J connectivity index is 1.73. The molecule has 2 atom stereocenters. The van der Waals surface area contributed by atoms with Gasteiger partial charge in [0.25, 0.3) is 5.69 Å². The van der Waals surface area contributed by atoms with Gasteiger partial charge in [-0.25, -0.2) is 4.79 Å². The van der Waals surface area contributed by atoms with Crippen molar-refractivity contribution in [2.24, 2.45) is 5.92 Å². The molecule has 0 bridgehead atoms. The lowest BCUT2D eigenvalue weighted by Gasteiger charge is -2.34. The summed E-state index contributed by atoms with van der Waals surface area (Å²) in [5.74, 6) is -0.510. The lowest BCUT2D eigenvalue weighted by Crippen LogP contribution is -2.58. The van der Waals surface area contributed by atoms with Crippen molar-refractivity contribution in [1.82, 2.24) is 5.32 Å². The highest BCUT2D eigenvalue weighted by Gasteiger charge is 2.39. The van der Waals surface area contributed by atoms with Crippen molar-refractivity contribution in [3.8, 4) is 0 Å². The fraction of sp³-hybridized carbons (Fsp3) is 0.385. The van der Waals surface area contributed by atoms with Gasteiger partial charge in [-0.15, -0.1) is 11.8 Å². The first kappa shape index (κ1) is 16.1. The van der Waals surface area contributed by atoms with Crippen molar-refractivity contribution in [3.63, 3.8) is 0 Å². The fourth-order valence-electron chi connectivity index (χ4n) is 1.83. The van der Waals surface area contributed by atoms with Gasteiger partial charge >= 0.3 is 6.16 Å². The van der Waals surface area contributed by atoms with Crippen LogP contribution in [0.5, 0.6) is 0 Å². The highest BCUT2D eigenvalue weighted by molar-refractivity contribution is 7.99. The molecule has 0 aliphatic carbocycles. The second kappa shape index (κ2) is 7.12. The number of rotatable bonds is 6. The second-order valence-electron chi connectivity index (χ2n) is 4.54. The lowest BCUT2D eigenvalue weighted by molar-refractivity contribution is -0.384. The van der Waals surface area contributed by atoms with E-state index < -0.39 is 11.1 Å². The molecule has 1 N–H and O–H groups in total. The van der Waals surface area contributed by atoms with Crippen molar-refractivity contribution >= 4 is 29.5 Å². The average molecular weight is 326 g/mol. The summed E-state index contributed by atoms with van der Waals surface area (Å²) in [5, 5.41) is 13.1. The molecule has 8 nitrogen and oxygen atoms in total.